The number of rotatable bonds is 6. The molecule has 1 aliphatic heterocycles. The van der Waals surface area contributed by atoms with Crippen molar-refractivity contribution in [2.24, 2.45) is 11.1 Å². The van der Waals surface area contributed by atoms with Crippen LogP contribution in [0.3, 0.4) is 0 Å². The number of carbonyl (C=O) groups excluding carboxylic acids is 1. The van der Waals surface area contributed by atoms with Crippen LogP contribution in [-0.4, -0.2) is 28.5 Å². The van der Waals surface area contributed by atoms with E-state index in [9.17, 15) is 18.0 Å². The maximum atomic E-state index is 12.9. The van der Waals surface area contributed by atoms with Gasteiger partial charge in [-0.05, 0) is 49.3 Å². The van der Waals surface area contributed by atoms with Crippen LogP contribution in [-0.2, 0) is 11.0 Å². The van der Waals surface area contributed by atoms with Gasteiger partial charge in [0.1, 0.15) is 24.0 Å². The Balaban J connectivity index is 1.87. The lowest BCUT2D eigenvalue weighted by molar-refractivity contribution is -0.137. The maximum absolute atomic E-state index is 12.9. The van der Waals surface area contributed by atoms with Crippen molar-refractivity contribution in [3.8, 4) is 0 Å². The molecule has 1 fully saturated rings. The Kier molecular flexibility index (Phi) is 6.67. The first kappa shape index (κ1) is 23.8. The van der Waals surface area contributed by atoms with Crippen molar-refractivity contribution in [1.29, 1.82) is 0 Å². The number of nitrogens with zero attached hydrogens (tertiary/aromatic N) is 3. The standard InChI is InChI=1S/C23H30F3N5O/c1-14-20(30-17(19(27)32)12-22(2,3)4)28-13-29-21(14)31-11-5-6-18(31)15-7-9-16(10-8-15)23(24,25)26/h7-10,13,17-18H,5-6,11-12H2,1-4H3,(H2,27,32)(H,28,29,30). The zero-order valence-electron chi connectivity index (χ0n) is 18.8. The van der Waals surface area contributed by atoms with Gasteiger partial charge in [-0.1, -0.05) is 32.9 Å². The number of anilines is 2. The number of hydrogen-bond acceptors (Lipinski definition) is 5. The molecule has 174 valence electrons. The number of benzene rings is 1. The number of primary amides is 1. The van der Waals surface area contributed by atoms with Gasteiger partial charge in [0, 0.05) is 12.1 Å². The molecule has 0 saturated carbocycles. The van der Waals surface area contributed by atoms with E-state index in [4.69, 9.17) is 5.73 Å². The average molecular weight is 450 g/mol. The van der Waals surface area contributed by atoms with E-state index in [2.05, 4.69) is 20.2 Å². The molecule has 2 atom stereocenters. The van der Waals surface area contributed by atoms with Crippen LogP contribution in [0.2, 0.25) is 0 Å². The molecule has 1 aromatic heterocycles. The van der Waals surface area contributed by atoms with E-state index in [1.165, 1.54) is 18.5 Å². The van der Waals surface area contributed by atoms with Crippen molar-refractivity contribution in [2.75, 3.05) is 16.8 Å². The molecule has 3 N–H and O–H groups in total. The highest BCUT2D eigenvalue weighted by Crippen LogP contribution is 2.39. The fourth-order valence-corrected chi connectivity index (χ4v) is 4.14. The second kappa shape index (κ2) is 8.96. The zero-order valence-corrected chi connectivity index (χ0v) is 18.8. The van der Waals surface area contributed by atoms with Gasteiger partial charge in [0.2, 0.25) is 5.91 Å². The molecule has 2 unspecified atom stereocenters. The van der Waals surface area contributed by atoms with E-state index < -0.39 is 23.7 Å². The molecular weight excluding hydrogens is 419 g/mol. The van der Waals surface area contributed by atoms with Crippen molar-refractivity contribution in [1.82, 2.24) is 9.97 Å². The fraction of sp³-hybridized carbons (Fsp3) is 0.522. The number of alkyl halides is 3. The molecule has 0 aliphatic carbocycles. The lowest BCUT2D eigenvalue weighted by Gasteiger charge is -2.29. The molecule has 1 amide bonds. The second-order valence-corrected chi connectivity index (χ2v) is 9.51. The van der Waals surface area contributed by atoms with Gasteiger partial charge in [0.25, 0.3) is 0 Å². The Hall–Kier alpha value is -2.84. The van der Waals surface area contributed by atoms with E-state index in [1.807, 2.05) is 27.7 Å². The summed E-state index contributed by atoms with van der Waals surface area (Å²) in [6.07, 6.45) is -0.681. The number of amides is 1. The minimum atomic E-state index is -4.36. The molecule has 32 heavy (non-hydrogen) atoms. The van der Waals surface area contributed by atoms with E-state index in [0.29, 0.717) is 18.1 Å². The van der Waals surface area contributed by atoms with Gasteiger partial charge >= 0.3 is 6.18 Å². The van der Waals surface area contributed by atoms with E-state index >= 15 is 0 Å². The third kappa shape index (κ3) is 5.49. The monoisotopic (exact) mass is 449 g/mol. The molecule has 1 aromatic carbocycles. The summed E-state index contributed by atoms with van der Waals surface area (Å²) < 4.78 is 38.8. The molecule has 9 heteroatoms. The lowest BCUT2D eigenvalue weighted by atomic mass is 9.88. The van der Waals surface area contributed by atoms with E-state index in [-0.39, 0.29) is 11.5 Å². The summed E-state index contributed by atoms with van der Waals surface area (Å²) in [5.74, 6) is 0.772. The normalized spacial score (nSPS) is 18.0. The molecule has 6 nitrogen and oxygen atoms in total. The second-order valence-electron chi connectivity index (χ2n) is 9.51. The average Bonchev–Trinajstić information content (AvgIpc) is 3.17. The minimum Gasteiger partial charge on any atom is -0.368 e. The van der Waals surface area contributed by atoms with Crippen molar-refractivity contribution in [3.05, 3.63) is 47.3 Å². The molecule has 2 aromatic rings. The van der Waals surface area contributed by atoms with Gasteiger partial charge in [-0.15, -0.1) is 0 Å². The van der Waals surface area contributed by atoms with Gasteiger partial charge in [0.15, 0.2) is 0 Å². The zero-order chi connectivity index (χ0) is 23.7. The SMILES string of the molecule is Cc1c(NC(CC(C)(C)C)C(N)=O)ncnc1N1CCCC1c1ccc(C(F)(F)F)cc1. The van der Waals surface area contributed by atoms with Crippen molar-refractivity contribution in [2.45, 2.75) is 65.2 Å². The highest BCUT2D eigenvalue weighted by Gasteiger charge is 2.33. The molecule has 0 radical (unpaired) electrons. The van der Waals surface area contributed by atoms with Crippen LogP contribution >= 0.6 is 0 Å². The topological polar surface area (TPSA) is 84.1 Å². The first-order chi connectivity index (χ1) is 14.9. The molecule has 0 bridgehead atoms. The minimum absolute atomic E-state index is 0.0831. The predicted octanol–water partition coefficient (Wildman–Crippen LogP) is 4.85. The van der Waals surface area contributed by atoms with Crippen LogP contribution in [0.15, 0.2) is 30.6 Å². The van der Waals surface area contributed by atoms with E-state index in [1.54, 1.807) is 0 Å². The Morgan fingerprint density at radius 3 is 2.44 bits per heavy atom. The quantitative estimate of drug-likeness (QED) is 0.659. The van der Waals surface area contributed by atoms with Crippen LogP contribution in [0.25, 0.3) is 0 Å². The first-order valence-corrected chi connectivity index (χ1v) is 10.7. The summed E-state index contributed by atoms with van der Waals surface area (Å²) >= 11 is 0. The largest absolute Gasteiger partial charge is 0.416 e. The Bertz CT molecular complexity index is 954. The summed E-state index contributed by atoms with van der Waals surface area (Å²) in [5, 5.41) is 3.17. The fourth-order valence-electron chi connectivity index (χ4n) is 4.14. The van der Waals surface area contributed by atoms with Crippen LogP contribution < -0.4 is 16.0 Å². The smallest absolute Gasteiger partial charge is 0.368 e. The highest BCUT2D eigenvalue weighted by atomic mass is 19.4. The number of halogens is 3. The molecule has 1 saturated heterocycles. The Labute approximate surface area is 186 Å². The third-order valence-electron chi connectivity index (χ3n) is 5.68. The van der Waals surface area contributed by atoms with Gasteiger partial charge in [-0.25, -0.2) is 9.97 Å². The lowest BCUT2D eigenvalue weighted by Crippen LogP contribution is -2.39. The van der Waals surface area contributed by atoms with E-state index in [0.717, 1.165) is 42.6 Å². The van der Waals surface area contributed by atoms with Crippen LogP contribution in [0, 0.1) is 12.3 Å². The van der Waals surface area contributed by atoms with Crippen molar-refractivity contribution in [3.63, 3.8) is 0 Å². The number of hydrogen-bond donors (Lipinski definition) is 2. The third-order valence-corrected chi connectivity index (χ3v) is 5.68. The maximum Gasteiger partial charge on any atom is 0.416 e. The number of aromatic nitrogens is 2. The number of nitrogens with one attached hydrogen (secondary N) is 1. The van der Waals surface area contributed by atoms with Gasteiger partial charge in [0.05, 0.1) is 11.6 Å². The van der Waals surface area contributed by atoms with Crippen molar-refractivity contribution >= 4 is 17.5 Å². The molecule has 1 aliphatic rings. The summed E-state index contributed by atoms with van der Waals surface area (Å²) in [6, 6.07) is 4.65. The summed E-state index contributed by atoms with van der Waals surface area (Å²) in [4.78, 5) is 22.9. The van der Waals surface area contributed by atoms with Crippen LogP contribution in [0.5, 0.6) is 0 Å². The Morgan fingerprint density at radius 2 is 1.88 bits per heavy atom. The van der Waals surface area contributed by atoms with Crippen LogP contribution in [0.4, 0.5) is 24.8 Å². The molecule has 3 rings (SSSR count). The number of carbonyl (C=O) groups is 1. The van der Waals surface area contributed by atoms with Gasteiger partial charge < -0.3 is 16.0 Å². The summed E-state index contributed by atoms with van der Waals surface area (Å²) in [7, 11) is 0. The van der Waals surface area contributed by atoms with Gasteiger partial charge in [-0.2, -0.15) is 13.2 Å². The highest BCUT2D eigenvalue weighted by molar-refractivity contribution is 5.83. The van der Waals surface area contributed by atoms with Gasteiger partial charge in [-0.3, -0.25) is 4.79 Å². The summed E-state index contributed by atoms with van der Waals surface area (Å²) in [6.45, 7) is 8.68. The molecule has 2 heterocycles. The Morgan fingerprint density at radius 1 is 1.22 bits per heavy atom. The van der Waals surface area contributed by atoms with Crippen molar-refractivity contribution < 1.29 is 18.0 Å². The first-order valence-electron chi connectivity index (χ1n) is 10.7. The molecular formula is C23H30F3N5O. The number of nitrogens with two attached hydrogens (primary N) is 1. The summed E-state index contributed by atoms with van der Waals surface area (Å²) in [5.41, 5.74) is 6.42. The van der Waals surface area contributed by atoms with Crippen LogP contribution in [0.1, 0.15) is 62.8 Å². The predicted molar refractivity (Wildman–Crippen MR) is 118 cm³/mol. The molecule has 0 spiro atoms.